The van der Waals surface area contributed by atoms with E-state index in [9.17, 15) is 9.59 Å². The minimum Gasteiger partial charge on any atom is -0.478 e. The lowest BCUT2D eigenvalue weighted by Gasteiger charge is -2.28. The van der Waals surface area contributed by atoms with Gasteiger partial charge in [0.2, 0.25) is 0 Å². The number of carbonyl (C=O) groups is 2. The molecule has 0 fully saturated rings. The number of carboxylic acid groups (broad SMARTS) is 1. The molecule has 0 radical (unpaired) electrons. The van der Waals surface area contributed by atoms with E-state index in [1.165, 1.54) is 6.07 Å². The Morgan fingerprint density at radius 1 is 1.15 bits per heavy atom. The lowest BCUT2D eigenvalue weighted by molar-refractivity contribution is 0.0581. The molecule has 2 rings (SSSR count). The maximum atomic E-state index is 12.6. The monoisotopic (exact) mass is 356 g/mol. The summed E-state index contributed by atoms with van der Waals surface area (Å²) >= 11 is 0. The molecule has 0 aliphatic rings. The predicted octanol–water partition coefficient (Wildman–Crippen LogP) is 4.40. The van der Waals surface area contributed by atoms with Gasteiger partial charge in [-0.2, -0.15) is 0 Å². The number of carbonyl (C=O) groups excluding carboxylic acids is 1. The molecule has 138 valence electrons. The van der Waals surface area contributed by atoms with E-state index in [-0.39, 0.29) is 11.3 Å². The molecular weight excluding hydrogens is 332 g/mol. The lowest BCUT2D eigenvalue weighted by atomic mass is 10.00. The number of amides is 1. The fourth-order valence-electron chi connectivity index (χ4n) is 2.59. The molecule has 1 amide bonds. The molecule has 26 heavy (non-hydrogen) atoms. The van der Waals surface area contributed by atoms with Gasteiger partial charge in [0.05, 0.1) is 11.3 Å². The summed E-state index contributed by atoms with van der Waals surface area (Å²) < 4.78 is 5.49. The van der Waals surface area contributed by atoms with Crippen molar-refractivity contribution >= 4 is 23.4 Å². The highest BCUT2D eigenvalue weighted by Crippen LogP contribution is 2.33. The van der Waals surface area contributed by atoms with Crippen molar-refractivity contribution in [3.63, 3.8) is 0 Å². The van der Waals surface area contributed by atoms with Crippen molar-refractivity contribution in [3.05, 3.63) is 48.0 Å². The van der Waals surface area contributed by atoms with Gasteiger partial charge in [-0.25, -0.2) is 9.59 Å². The number of ether oxygens (including phenoxy) is 1. The van der Waals surface area contributed by atoms with Crippen LogP contribution >= 0.6 is 0 Å². The topological polar surface area (TPSA) is 92.9 Å². The Kier molecular flexibility index (Phi) is 5.55. The summed E-state index contributed by atoms with van der Waals surface area (Å²) in [6, 6.07) is 12.1. The molecule has 0 atom stereocenters. The van der Waals surface area contributed by atoms with Gasteiger partial charge in [-0.05, 0) is 51.5 Å². The van der Waals surface area contributed by atoms with Gasteiger partial charge in [0, 0.05) is 17.8 Å². The summed E-state index contributed by atoms with van der Waals surface area (Å²) in [5.74, 6) is -1.08. The maximum Gasteiger partial charge on any atom is 0.414 e. The van der Waals surface area contributed by atoms with Gasteiger partial charge >= 0.3 is 12.1 Å². The SMILES string of the molecule is CCN(C(=O)OC(C)(C)C)c1ccccc1-c1ccc(C(=O)O)c(N)c1. The van der Waals surface area contributed by atoms with E-state index in [2.05, 4.69) is 0 Å². The van der Waals surface area contributed by atoms with Crippen LogP contribution in [0.2, 0.25) is 0 Å². The van der Waals surface area contributed by atoms with Crippen molar-refractivity contribution in [3.8, 4) is 11.1 Å². The zero-order valence-electron chi connectivity index (χ0n) is 15.4. The highest BCUT2D eigenvalue weighted by atomic mass is 16.6. The van der Waals surface area contributed by atoms with Crippen LogP contribution in [0.4, 0.5) is 16.2 Å². The van der Waals surface area contributed by atoms with Crippen LogP contribution in [0.25, 0.3) is 11.1 Å². The Labute approximate surface area is 153 Å². The quantitative estimate of drug-likeness (QED) is 0.792. The third-order valence-corrected chi connectivity index (χ3v) is 3.72. The number of hydrogen-bond acceptors (Lipinski definition) is 4. The molecule has 0 bridgehead atoms. The van der Waals surface area contributed by atoms with E-state index in [1.54, 1.807) is 17.0 Å². The molecule has 3 N–H and O–H groups in total. The fourth-order valence-corrected chi connectivity index (χ4v) is 2.59. The molecule has 6 heteroatoms. The van der Waals surface area contributed by atoms with E-state index in [0.29, 0.717) is 12.2 Å². The first kappa shape index (κ1) is 19.3. The Hall–Kier alpha value is -3.02. The first-order valence-corrected chi connectivity index (χ1v) is 8.36. The van der Waals surface area contributed by atoms with Crippen LogP contribution in [-0.4, -0.2) is 29.3 Å². The summed E-state index contributed by atoms with van der Waals surface area (Å²) in [5.41, 5.74) is 7.66. The zero-order chi connectivity index (χ0) is 19.5. The number of aromatic carboxylic acids is 1. The molecule has 0 saturated carbocycles. The average molecular weight is 356 g/mol. The first-order chi connectivity index (χ1) is 12.1. The number of para-hydroxylation sites is 1. The summed E-state index contributed by atoms with van der Waals surface area (Å²) in [6.45, 7) is 7.74. The van der Waals surface area contributed by atoms with Crippen LogP contribution in [-0.2, 0) is 4.74 Å². The van der Waals surface area contributed by atoms with E-state index in [0.717, 1.165) is 11.1 Å². The minimum atomic E-state index is -1.08. The second-order valence-electron chi connectivity index (χ2n) is 6.85. The summed E-state index contributed by atoms with van der Waals surface area (Å²) in [7, 11) is 0. The predicted molar refractivity (Wildman–Crippen MR) is 103 cm³/mol. The third-order valence-electron chi connectivity index (χ3n) is 3.72. The molecule has 0 unspecified atom stereocenters. The number of rotatable bonds is 4. The van der Waals surface area contributed by atoms with E-state index in [1.807, 2.05) is 52.0 Å². The molecular formula is C20H24N2O4. The molecule has 0 aliphatic carbocycles. The number of benzene rings is 2. The molecule has 0 aromatic heterocycles. The minimum absolute atomic E-state index is 0.0470. The summed E-state index contributed by atoms with van der Waals surface area (Å²) in [5, 5.41) is 9.14. The second-order valence-corrected chi connectivity index (χ2v) is 6.85. The average Bonchev–Trinajstić information content (AvgIpc) is 2.54. The summed E-state index contributed by atoms with van der Waals surface area (Å²) in [6.07, 6.45) is -0.442. The second kappa shape index (κ2) is 7.47. The van der Waals surface area contributed by atoms with Crippen LogP contribution in [0.3, 0.4) is 0 Å². The lowest BCUT2D eigenvalue weighted by Crippen LogP contribution is -2.37. The Morgan fingerprint density at radius 3 is 2.35 bits per heavy atom. The van der Waals surface area contributed by atoms with Gasteiger partial charge in [0.25, 0.3) is 0 Å². The maximum absolute atomic E-state index is 12.6. The highest BCUT2D eigenvalue weighted by molar-refractivity contribution is 5.97. The number of hydrogen-bond donors (Lipinski definition) is 2. The van der Waals surface area contributed by atoms with Gasteiger partial charge in [-0.3, -0.25) is 4.90 Å². The van der Waals surface area contributed by atoms with Gasteiger partial charge < -0.3 is 15.6 Å². The van der Waals surface area contributed by atoms with E-state index >= 15 is 0 Å². The fraction of sp³-hybridized carbons (Fsp3) is 0.300. The van der Waals surface area contributed by atoms with E-state index in [4.69, 9.17) is 15.6 Å². The Balaban J connectivity index is 2.48. The van der Waals surface area contributed by atoms with Gasteiger partial charge in [-0.15, -0.1) is 0 Å². The largest absolute Gasteiger partial charge is 0.478 e. The number of anilines is 2. The van der Waals surface area contributed by atoms with E-state index < -0.39 is 17.7 Å². The van der Waals surface area contributed by atoms with Crippen molar-refractivity contribution in [2.24, 2.45) is 0 Å². The number of nitrogen functional groups attached to an aromatic ring is 1. The van der Waals surface area contributed by atoms with Crippen molar-refractivity contribution in [2.45, 2.75) is 33.3 Å². The molecule has 0 aliphatic heterocycles. The van der Waals surface area contributed by atoms with Crippen molar-refractivity contribution < 1.29 is 19.4 Å². The molecule has 0 spiro atoms. The standard InChI is InChI=1S/C20H24N2O4/c1-5-22(19(25)26-20(2,3)4)17-9-7-6-8-14(17)13-10-11-15(18(23)24)16(21)12-13/h6-12H,5,21H2,1-4H3,(H,23,24). The smallest absolute Gasteiger partial charge is 0.414 e. The molecule has 0 saturated heterocycles. The zero-order valence-corrected chi connectivity index (χ0v) is 15.4. The van der Waals surface area contributed by atoms with Gasteiger partial charge in [0.15, 0.2) is 0 Å². The normalized spacial score (nSPS) is 11.1. The molecule has 0 heterocycles. The van der Waals surface area contributed by atoms with Gasteiger partial charge in [0.1, 0.15) is 5.60 Å². The van der Waals surface area contributed by atoms with Crippen molar-refractivity contribution in [2.75, 3.05) is 17.2 Å². The van der Waals surface area contributed by atoms with Crippen molar-refractivity contribution in [1.29, 1.82) is 0 Å². The van der Waals surface area contributed by atoms with Crippen molar-refractivity contribution in [1.82, 2.24) is 0 Å². The Bertz CT molecular complexity index is 825. The van der Waals surface area contributed by atoms with Crippen LogP contribution in [0.15, 0.2) is 42.5 Å². The highest BCUT2D eigenvalue weighted by Gasteiger charge is 2.24. The number of carboxylic acids is 1. The van der Waals surface area contributed by atoms with Crippen LogP contribution in [0.1, 0.15) is 38.1 Å². The van der Waals surface area contributed by atoms with Crippen LogP contribution in [0.5, 0.6) is 0 Å². The third kappa shape index (κ3) is 4.33. The Morgan fingerprint density at radius 2 is 1.81 bits per heavy atom. The molecule has 2 aromatic carbocycles. The molecule has 2 aromatic rings. The first-order valence-electron chi connectivity index (χ1n) is 8.36. The number of nitrogens with zero attached hydrogens (tertiary/aromatic N) is 1. The molecule has 6 nitrogen and oxygen atoms in total. The summed E-state index contributed by atoms with van der Waals surface area (Å²) in [4.78, 5) is 25.3. The van der Waals surface area contributed by atoms with Crippen LogP contribution in [0, 0.1) is 0 Å². The van der Waals surface area contributed by atoms with Crippen LogP contribution < -0.4 is 10.6 Å². The van der Waals surface area contributed by atoms with Gasteiger partial charge in [-0.1, -0.05) is 24.3 Å². The number of nitrogens with two attached hydrogens (primary N) is 1.